The molecule has 0 aromatic heterocycles. The predicted octanol–water partition coefficient (Wildman–Crippen LogP) is 3.50. The molecule has 2 nitrogen and oxygen atoms in total. The van der Waals surface area contributed by atoms with Crippen LogP contribution in [-0.2, 0) is 6.18 Å². The van der Waals surface area contributed by atoms with E-state index in [0.717, 1.165) is 31.5 Å². The fourth-order valence-electron chi connectivity index (χ4n) is 1.60. The van der Waals surface area contributed by atoms with Gasteiger partial charge in [0, 0.05) is 6.54 Å². The number of halogens is 3. The lowest BCUT2D eigenvalue weighted by Crippen LogP contribution is -2.13. The maximum atomic E-state index is 12.4. The third-order valence-corrected chi connectivity index (χ3v) is 3.19. The van der Waals surface area contributed by atoms with Gasteiger partial charge in [0.15, 0.2) is 0 Å². The molecule has 1 aromatic rings. The second kappa shape index (κ2) is 3.82. The van der Waals surface area contributed by atoms with Crippen LogP contribution in [0, 0.1) is 5.41 Å². The fraction of sp³-hybridized carbons (Fsp3) is 0.500. The molecule has 5 heteroatoms. The van der Waals surface area contributed by atoms with Crippen LogP contribution in [0.4, 0.5) is 24.5 Å². The summed E-state index contributed by atoms with van der Waals surface area (Å²) >= 11 is 0. The third-order valence-electron chi connectivity index (χ3n) is 3.19. The van der Waals surface area contributed by atoms with Crippen LogP contribution in [0.25, 0.3) is 0 Å². The van der Waals surface area contributed by atoms with Gasteiger partial charge in [-0.25, -0.2) is 0 Å². The molecule has 0 spiro atoms. The van der Waals surface area contributed by atoms with Crippen molar-refractivity contribution < 1.29 is 13.2 Å². The van der Waals surface area contributed by atoms with Crippen LogP contribution in [0.15, 0.2) is 18.2 Å². The number of nitrogens with two attached hydrogens (primary N) is 1. The molecule has 0 unspecified atom stereocenters. The summed E-state index contributed by atoms with van der Waals surface area (Å²) in [5.74, 6) is 0. The molecule has 17 heavy (non-hydrogen) atoms. The van der Waals surface area contributed by atoms with Gasteiger partial charge in [0.1, 0.15) is 0 Å². The average Bonchev–Trinajstić information content (AvgIpc) is 2.94. The Morgan fingerprint density at radius 2 is 2.00 bits per heavy atom. The second-order valence-electron chi connectivity index (χ2n) is 4.96. The summed E-state index contributed by atoms with van der Waals surface area (Å²) in [4.78, 5) is 0. The van der Waals surface area contributed by atoms with Crippen molar-refractivity contribution in [3.63, 3.8) is 0 Å². The lowest BCUT2D eigenvalue weighted by atomic mass is 10.1. The number of hydrogen-bond acceptors (Lipinski definition) is 2. The highest BCUT2D eigenvalue weighted by Gasteiger charge is 2.37. The van der Waals surface area contributed by atoms with E-state index < -0.39 is 11.7 Å². The molecule has 1 fully saturated rings. The van der Waals surface area contributed by atoms with E-state index in [4.69, 9.17) is 5.73 Å². The van der Waals surface area contributed by atoms with E-state index >= 15 is 0 Å². The number of anilines is 2. The van der Waals surface area contributed by atoms with Gasteiger partial charge in [0.05, 0.1) is 16.9 Å². The Morgan fingerprint density at radius 3 is 2.47 bits per heavy atom. The molecule has 1 aliphatic rings. The summed E-state index contributed by atoms with van der Waals surface area (Å²) in [6.07, 6.45) is -2.03. The van der Waals surface area contributed by atoms with Crippen molar-refractivity contribution in [2.75, 3.05) is 17.6 Å². The molecule has 0 aliphatic heterocycles. The minimum Gasteiger partial charge on any atom is -0.397 e. The topological polar surface area (TPSA) is 38.0 Å². The van der Waals surface area contributed by atoms with Gasteiger partial charge < -0.3 is 11.1 Å². The molecule has 0 radical (unpaired) electrons. The smallest absolute Gasteiger partial charge is 0.397 e. The highest BCUT2D eigenvalue weighted by molar-refractivity contribution is 5.67. The Balaban J connectivity index is 2.09. The molecule has 0 heterocycles. The highest BCUT2D eigenvalue weighted by Crippen LogP contribution is 2.45. The normalized spacial score (nSPS) is 17.9. The van der Waals surface area contributed by atoms with Crippen LogP contribution in [0.2, 0.25) is 0 Å². The maximum Gasteiger partial charge on any atom is 0.416 e. The SMILES string of the molecule is CC1(CNc2ccc(C(F)(F)F)cc2N)CC1. The van der Waals surface area contributed by atoms with Crippen molar-refractivity contribution in [2.45, 2.75) is 25.9 Å². The Morgan fingerprint density at radius 1 is 1.35 bits per heavy atom. The van der Waals surface area contributed by atoms with Gasteiger partial charge in [0.25, 0.3) is 0 Å². The van der Waals surface area contributed by atoms with E-state index in [1.54, 1.807) is 0 Å². The zero-order chi connectivity index (χ0) is 12.7. The first-order valence-corrected chi connectivity index (χ1v) is 5.51. The van der Waals surface area contributed by atoms with Gasteiger partial charge >= 0.3 is 6.18 Å². The lowest BCUT2D eigenvalue weighted by molar-refractivity contribution is -0.137. The molecule has 0 amide bonds. The summed E-state index contributed by atoms with van der Waals surface area (Å²) in [7, 11) is 0. The molecule has 1 aromatic carbocycles. The summed E-state index contributed by atoms with van der Waals surface area (Å²) in [6.45, 7) is 2.89. The first kappa shape index (κ1) is 12.1. The van der Waals surface area contributed by atoms with E-state index in [1.807, 2.05) is 0 Å². The summed E-state index contributed by atoms with van der Waals surface area (Å²) in [5, 5.41) is 3.10. The van der Waals surface area contributed by atoms with Gasteiger partial charge in [0.2, 0.25) is 0 Å². The first-order chi connectivity index (χ1) is 7.80. The molecular formula is C12H15F3N2. The van der Waals surface area contributed by atoms with Crippen LogP contribution in [0.3, 0.4) is 0 Å². The molecular weight excluding hydrogens is 229 g/mol. The van der Waals surface area contributed by atoms with Crippen molar-refractivity contribution in [2.24, 2.45) is 5.41 Å². The Bertz CT molecular complexity index is 422. The summed E-state index contributed by atoms with van der Waals surface area (Å²) < 4.78 is 37.2. The quantitative estimate of drug-likeness (QED) is 0.798. The fourth-order valence-corrected chi connectivity index (χ4v) is 1.60. The van der Waals surface area contributed by atoms with Crippen molar-refractivity contribution in [1.29, 1.82) is 0 Å². The van der Waals surface area contributed by atoms with Crippen LogP contribution < -0.4 is 11.1 Å². The predicted molar refractivity (Wildman–Crippen MR) is 61.7 cm³/mol. The van der Waals surface area contributed by atoms with E-state index in [1.165, 1.54) is 6.07 Å². The standard InChI is InChI=1S/C12H15F3N2/c1-11(4-5-11)7-17-10-3-2-8(6-9(10)16)12(13,14)15/h2-3,6,17H,4-5,7,16H2,1H3. The van der Waals surface area contributed by atoms with Gasteiger partial charge in [-0.05, 0) is 36.5 Å². The van der Waals surface area contributed by atoms with Crippen molar-refractivity contribution in [3.05, 3.63) is 23.8 Å². The van der Waals surface area contributed by atoms with Crippen molar-refractivity contribution >= 4 is 11.4 Å². The van der Waals surface area contributed by atoms with Crippen molar-refractivity contribution in [3.8, 4) is 0 Å². The molecule has 1 aliphatic carbocycles. The van der Waals surface area contributed by atoms with E-state index in [2.05, 4.69) is 12.2 Å². The van der Waals surface area contributed by atoms with E-state index in [9.17, 15) is 13.2 Å². The first-order valence-electron chi connectivity index (χ1n) is 5.51. The monoisotopic (exact) mass is 244 g/mol. The number of hydrogen-bond donors (Lipinski definition) is 2. The minimum atomic E-state index is -4.34. The Hall–Kier alpha value is -1.39. The number of benzene rings is 1. The maximum absolute atomic E-state index is 12.4. The molecule has 0 atom stereocenters. The van der Waals surface area contributed by atoms with Gasteiger partial charge in [-0.2, -0.15) is 13.2 Å². The number of nitrogen functional groups attached to an aromatic ring is 1. The highest BCUT2D eigenvalue weighted by atomic mass is 19.4. The molecule has 1 saturated carbocycles. The summed E-state index contributed by atoms with van der Waals surface area (Å²) in [6, 6.07) is 3.41. The lowest BCUT2D eigenvalue weighted by Gasteiger charge is -2.15. The van der Waals surface area contributed by atoms with E-state index in [-0.39, 0.29) is 11.1 Å². The second-order valence-corrected chi connectivity index (χ2v) is 4.96. The molecule has 0 saturated heterocycles. The zero-order valence-electron chi connectivity index (χ0n) is 9.56. The van der Waals surface area contributed by atoms with Gasteiger partial charge in [-0.1, -0.05) is 6.92 Å². The van der Waals surface area contributed by atoms with Crippen LogP contribution in [-0.4, -0.2) is 6.54 Å². The Labute approximate surface area is 98.0 Å². The summed E-state index contributed by atoms with van der Waals surface area (Å²) in [5.41, 5.74) is 5.90. The van der Waals surface area contributed by atoms with Crippen LogP contribution in [0.1, 0.15) is 25.3 Å². The molecule has 3 N–H and O–H groups in total. The minimum absolute atomic E-state index is 0.143. The zero-order valence-corrected chi connectivity index (χ0v) is 9.56. The average molecular weight is 244 g/mol. The Kier molecular flexibility index (Phi) is 2.72. The van der Waals surface area contributed by atoms with Gasteiger partial charge in [-0.15, -0.1) is 0 Å². The molecule has 2 rings (SSSR count). The number of rotatable bonds is 3. The van der Waals surface area contributed by atoms with Gasteiger partial charge in [-0.3, -0.25) is 0 Å². The van der Waals surface area contributed by atoms with Crippen molar-refractivity contribution in [1.82, 2.24) is 0 Å². The number of nitrogens with one attached hydrogen (secondary N) is 1. The largest absolute Gasteiger partial charge is 0.416 e. The van der Waals surface area contributed by atoms with E-state index in [0.29, 0.717) is 5.69 Å². The third kappa shape index (κ3) is 2.84. The number of alkyl halides is 3. The van der Waals surface area contributed by atoms with Crippen LogP contribution in [0.5, 0.6) is 0 Å². The molecule has 94 valence electrons. The molecule has 0 bridgehead atoms. The van der Waals surface area contributed by atoms with Crippen LogP contribution >= 0.6 is 0 Å².